The summed E-state index contributed by atoms with van der Waals surface area (Å²) < 4.78 is 30.5. The van der Waals surface area contributed by atoms with Gasteiger partial charge in [-0.05, 0) is 63.9 Å². The molecule has 0 saturated carbocycles. The number of esters is 1. The molecule has 0 spiro atoms. The Balaban J connectivity index is 5.02. The minimum atomic E-state index is -4.70. The van der Waals surface area contributed by atoms with Gasteiger partial charge in [0.15, 0.2) is 0 Å². The zero-order valence-corrected chi connectivity index (χ0v) is 56.4. The van der Waals surface area contributed by atoms with E-state index in [-0.39, 0.29) is 31.5 Å². The standard InChI is InChI=1S/C72H139N2O7P/c1-7-10-13-16-19-22-25-28-30-32-34-35-36-37-38-39-41-43-45-47-50-53-56-59-62-65-72(76)81-70(63-60-57-54-51-48-27-24-21-18-15-12-9-3)69(68-80-82(77,78)79-67-66-74(4,5)6)73-71(75)64-61-58-55-52-49-46-44-42-40-33-31-29-26-23-20-17-14-11-8-2/h19,22,28,30,60,63,69-70H,7-18,20-21,23-27,29,31-59,61-62,64-68H2,1-6H3,(H-,73,75,77,78)/b22-19-,30-28-,63-60+. The van der Waals surface area contributed by atoms with Crippen molar-refractivity contribution < 1.29 is 37.3 Å². The van der Waals surface area contributed by atoms with Gasteiger partial charge in [0.05, 0.1) is 33.8 Å². The molecule has 0 aromatic carbocycles. The zero-order valence-electron chi connectivity index (χ0n) is 55.5. The third kappa shape index (κ3) is 62.8. The number of nitrogens with zero attached hydrogens (tertiary/aromatic N) is 1. The molecular formula is C72H139N2O7P. The van der Waals surface area contributed by atoms with Gasteiger partial charge in [-0.3, -0.25) is 14.2 Å². The van der Waals surface area contributed by atoms with E-state index in [1.165, 1.54) is 263 Å². The van der Waals surface area contributed by atoms with Crippen LogP contribution in [0.25, 0.3) is 0 Å². The van der Waals surface area contributed by atoms with E-state index in [1.807, 2.05) is 33.3 Å². The summed E-state index contributed by atoms with van der Waals surface area (Å²) in [6.45, 7) is 6.88. The van der Waals surface area contributed by atoms with Crippen molar-refractivity contribution in [3.63, 3.8) is 0 Å². The molecule has 0 fully saturated rings. The van der Waals surface area contributed by atoms with Crippen molar-refractivity contribution in [3.05, 3.63) is 36.5 Å². The number of quaternary nitrogens is 1. The number of amides is 1. The van der Waals surface area contributed by atoms with E-state index in [2.05, 4.69) is 50.4 Å². The molecular weight excluding hydrogens is 1040 g/mol. The van der Waals surface area contributed by atoms with Crippen LogP contribution in [0, 0.1) is 0 Å². The Kier molecular flexibility index (Phi) is 60.9. The summed E-state index contributed by atoms with van der Waals surface area (Å²) in [5, 5.41) is 3.05. The van der Waals surface area contributed by atoms with Crippen molar-refractivity contribution in [1.29, 1.82) is 0 Å². The molecule has 3 unspecified atom stereocenters. The molecule has 1 N–H and O–H groups in total. The number of carbonyl (C=O) groups is 2. The molecule has 82 heavy (non-hydrogen) atoms. The molecule has 0 aliphatic heterocycles. The maximum atomic E-state index is 13.6. The molecule has 0 bridgehead atoms. The van der Waals surface area contributed by atoms with Gasteiger partial charge in [-0.1, -0.05) is 321 Å². The number of phosphoric acid groups is 1. The number of carbonyl (C=O) groups excluding carboxylic acids is 2. The van der Waals surface area contributed by atoms with Crippen molar-refractivity contribution in [2.75, 3.05) is 40.9 Å². The summed E-state index contributed by atoms with van der Waals surface area (Å²) in [6.07, 6.45) is 76.9. The summed E-state index contributed by atoms with van der Waals surface area (Å²) in [5.41, 5.74) is 0. The second-order valence-corrected chi connectivity index (χ2v) is 27.2. The molecule has 1 amide bonds. The average Bonchev–Trinajstić information content (AvgIpc) is 3.44. The van der Waals surface area contributed by atoms with E-state index in [1.54, 1.807) is 0 Å². The van der Waals surface area contributed by atoms with Crippen LogP contribution in [0.2, 0.25) is 0 Å². The highest BCUT2D eigenvalue weighted by molar-refractivity contribution is 7.45. The largest absolute Gasteiger partial charge is 0.756 e. The van der Waals surface area contributed by atoms with Crippen molar-refractivity contribution in [1.82, 2.24) is 5.32 Å². The van der Waals surface area contributed by atoms with Crippen LogP contribution >= 0.6 is 7.82 Å². The number of phosphoric ester groups is 1. The molecule has 0 saturated heterocycles. The Morgan fingerprint density at radius 2 is 0.744 bits per heavy atom. The lowest BCUT2D eigenvalue weighted by Gasteiger charge is -2.30. The Morgan fingerprint density at radius 3 is 1.12 bits per heavy atom. The lowest BCUT2D eigenvalue weighted by Crippen LogP contribution is -2.47. The van der Waals surface area contributed by atoms with Crippen molar-refractivity contribution in [2.45, 2.75) is 373 Å². The van der Waals surface area contributed by atoms with E-state index in [4.69, 9.17) is 13.8 Å². The van der Waals surface area contributed by atoms with Crippen molar-refractivity contribution in [2.24, 2.45) is 0 Å². The Morgan fingerprint density at radius 1 is 0.427 bits per heavy atom. The fraction of sp³-hybridized carbons (Fsp3) is 0.889. The van der Waals surface area contributed by atoms with E-state index in [0.29, 0.717) is 17.4 Å². The van der Waals surface area contributed by atoms with Gasteiger partial charge in [0.25, 0.3) is 7.82 Å². The van der Waals surface area contributed by atoms with Crippen LogP contribution in [0.5, 0.6) is 0 Å². The lowest BCUT2D eigenvalue weighted by atomic mass is 10.0. The van der Waals surface area contributed by atoms with Crippen LogP contribution in [-0.2, 0) is 27.9 Å². The second-order valence-electron chi connectivity index (χ2n) is 25.7. The number of likely N-dealkylation sites (N-methyl/N-ethyl adjacent to an activating group) is 1. The first-order valence-electron chi connectivity index (χ1n) is 35.8. The first-order valence-corrected chi connectivity index (χ1v) is 37.3. The predicted molar refractivity (Wildman–Crippen MR) is 353 cm³/mol. The van der Waals surface area contributed by atoms with E-state index >= 15 is 0 Å². The summed E-state index contributed by atoms with van der Waals surface area (Å²) >= 11 is 0. The third-order valence-electron chi connectivity index (χ3n) is 16.3. The van der Waals surface area contributed by atoms with E-state index in [0.717, 1.165) is 64.2 Å². The second kappa shape index (κ2) is 62.3. The van der Waals surface area contributed by atoms with Gasteiger partial charge in [-0.2, -0.15) is 0 Å². The Labute approximate surface area is 510 Å². The molecule has 0 radical (unpaired) electrons. The van der Waals surface area contributed by atoms with E-state index in [9.17, 15) is 19.0 Å². The fourth-order valence-corrected chi connectivity index (χ4v) is 11.5. The fourth-order valence-electron chi connectivity index (χ4n) is 10.8. The molecule has 0 aromatic heterocycles. The topological polar surface area (TPSA) is 114 Å². The van der Waals surface area contributed by atoms with E-state index < -0.39 is 20.0 Å². The zero-order chi connectivity index (χ0) is 60.0. The number of ether oxygens (including phenoxy) is 1. The molecule has 484 valence electrons. The first kappa shape index (κ1) is 80.2. The minimum Gasteiger partial charge on any atom is -0.756 e. The number of rotatable bonds is 66. The van der Waals surface area contributed by atoms with Gasteiger partial charge < -0.3 is 28.5 Å². The van der Waals surface area contributed by atoms with Crippen molar-refractivity contribution >= 4 is 19.7 Å². The minimum absolute atomic E-state index is 0.0188. The van der Waals surface area contributed by atoms with Crippen LogP contribution in [0.15, 0.2) is 36.5 Å². The molecule has 0 aliphatic rings. The van der Waals surface area contributed by atoms with Crippen LogP contribution < -0.4 is 10.2 Å². The number of allylic oxidation sites excluding steroid dienone is 5. The third-order valence-corrected chi connectivity index (χ3v) is 17.3. The number of hydrogen-bond acceptors (Lipinski definition) is 7. The maximum absolute atomic E-state index is 13.6. The number of hydrogen-bond donors (Lipinski definition) is 1. The van der Waals surface area contributed by atoms with Gasteiger partial charge in [0, 0.05) is 12.8 Å². The molecule has 0 rings (SSSR count). The van der Waals surface area contributed by atoms with Gasteiger partial charge >= 0.3 is 5.97 Å². The van der Waals surface area contributed by atoms with Crippen LogP contribution in [0.3, 0.4) is 0 Å². The smallest absolute Gasteiger partial charge is 0.306 e. The first-order chi connectivity index (χ1) is 39.9. The van der Waals surface area contributed by atoms with Crippen LogP contribution in [-0.4, -0.2) is 69.4 Å². The molecule has 3 atom stereocenters. The van der Waals surface area contributed by atoms with Gasteiger partial charge in [-0.15, -0.1) is 0 Å². The highest BCUT2D eigenvalue weighted by Gasteiger charge is 2.27. The number of unbranched alkanes of at least 4 members (excludes halogenated alkanes) is 46. The summed E-state index contributed by atoms with van der Waals surface area (Å²) in [6, 6.07) is -0.884. The maximum Gasteiger partial charge on any atom is 0.306 e. The summed E-state index contributed by atoms with van der Waals surface area (Å²) in [5.74, 6) is -0.520. The van der Waals surface area contributed by atoms with Crippen molar-refractivity contribution in [3.8, 4) is 0 Å². The van der Waals surface area contributed by atoms with Gasteiger partial charge in [0.1, 0.15) is 19.3 Å². The molecule has 0 heterocycles. The lowest BCUT2D eigenvalue weighted by molar-refractivity contribution is -0.870. The molecule has 0 aliphatic carbocycles. The normalized spacial score (nSPS) is 13.7. The predicted octanol–water partition coefficient (Wildman–Crippen LogP) is 22.0. The number of nitrogens with one attached hydrogen (secondary N) is 1. The summed E-state index contributed by atoms with van der Waals surface area (Å²) in [7, 11) is 1.20. The quantitative estimate of drug-likeness (QED) is 0.0212. The van der Waals surface area contributed by atoms with Crippen LogP contribution in [0.4, 0.5) is 0 Å². The van der Waals surface area contributed by atoms with Gasteiger partial charge in [0.2, 0.25) is 5.91 Å². The Bertz CT molecular complexity index is 1500. The average molecular weight is 1180 g/mol. The SMILES string of the molecule is CCCCC/C=C\C/C=C\CCCCCCCCCCCCCCCCCC(=O)OC(/C=C/CCCCCCCCCCCC)C(COP(=O)([O-])OCC[N+](C)(C)C)NC(=O)CCCCCCCCCCCCCCCCCCCCC. The molecule has 10 heteroatoms. The molecule has 9 nitrogen and oxygen atoms in total. The highest BCUT2D eigenvalue weighted by atomic mass is 31.2. The Hall–Kier alpha value is -1.77. The molecule has 0 aromatic rings. The van der Waals surface area contributed by atoms with Crippen LogP contribution in [0.1, 0.15) is 361 Å². The van der Waals surface area contributed by atoms with Gasteiger partial charge in [-0.25, -0.2) is 0 Å². The highest BCUT2D eigenvalue weighted by Crippen LogP contribution is 2.38. The summed E-state index contributed by atoms with van der Waals surface area (Å²) in [4.78, 5) is 40.2. The monoisotopic (exact) mass is 1180 g/mol.